The van der Waals surface area contributed by atoms with Gasteiger partial charge in [0.1, 0.15) is 0 Å². The van der Waals surface area contributed by atoms with Crippen LogP contribution in [0.15, 0.2) is 0 Å². The highest BCUT2D eigenvalue weighted by Crippen LogP contribution is 2.29. The number of ether oxygens (including phenoxy) is 1. The summed E-state index contributed by atoms with van der Waals surface area (Å²) in [7, 11) is 1.72. The molecule has 0 radical (unpaired) electrons. The van der Waals surface area contributed by atoms with Gasteiger partial charge in [-0.2, -0.15) is 0 Å². The van der Waals surface area contributed by atoms with Crippen LogP contribution in [0.3, 0.4) is 0 Å². The van der Waals surface area contributed by atoms with Gasteiger partial charge in [-0.15, -0.1) is 0 Å². The van der Waals surface area contributed by atoms with E-state index in [0.29, 0.717) is 6.42 Å². The van der Waals surface area contributed by atoms with Gasteiger partial charge < -0.3 is 15.8 Å². The van der Waals surface area contributed by atoms with Crippen molar-refractivity contribution in [2.75, 3.05) is 7.11 Å². The van der Waals surface area contributed by atoms with Crippen LogP contribution in [-0.4, -0.2) is 30.7 Å². The Bertz CT molecular complexity index is 288. The first kappa shape index (κ1) is 13.8. The predicted molar refractivity (Wildman–Crippen MR) is 71.2 cm³/mol. The standard InChI is InChI=1S/C14H26N2O2/c1-18-12-7-5-6-11(12)16-13(17)10-14(15)8-3-2-4-9-14/h11-12H,2-10,15H2,1H3,(H,16,17). The summed E-state index contributed by atoms with van der Waals surface area (Å²) in [5.74, 6) is 0.105. The molecule has 1 amide bonds. The molecule has 0 heterocycles. The molecule has 2 aliphatic rings. The van der Waals surface area contributed by atoms with E-state index >= 15 is 0 Å². The van der Waals surface area contributed by atoms with Crippen LogP contribution in [0.1, 0.15) is 57.8 Å². The Morgan fingerprint density at radius 3 is 2.67 bits per heavy atom. The largest absolute Gasteiger partial charge is 0.379 e. The Hall–Kier alpha value is -0.610. The fraction of sp³-hybridized carbons (Fsp3) is 0.929. The molecule has 4 nitrogen and oxygen atoms in total. The van der Waals surface area contributed by atoms with E-state index in [2.05, 4.69) is 5.32 Å². The first-order valence-electron chi connectivity index (χ1n) is 7.24. The first-order chi connectivity index (χ1) is 8.63. The Morgan fingerprint density at radius 1 is 1.28 bits per heavy atom. The maximum Gasteiger partial charge on any atom is 0.222 e. The summed E-state index contributed by atoms with van der Waals surface area (Å²) in [5.41, 5.74) is 6.05. The number of nitrogens with one attached hydrogen (secondary N) is 1. The van der Waals surface area contributed by atoms with Gasteiger partial charge in [0.2, 0.25) is 5.91 Å². The molecule has 2 unspecified atom stereocenters. The average molecular weight is 254 g/mol. The minimum atomic E-state index is -0.260. The molecule has 0 aliphatic heterocycles. The molecule has 18 heavy (non-hydrogen) atoms. The van der Waals surface area contributed by atoms with Crippen molar-refractivity contribution in [3.05, 3.63) is 0 Å². The highest BCUT2D eigenvalue weighted by atomic mass is 16.5. The van der Waals surface area contributed by atoms with Crippen molar-refractivity contribution >= 4 is 5.91 Å². The number of nitrogens with two attached hydrogens (primary N) is 1. The number of hydrogen-bond donors (Lipinski definition) is 2. The van der Waals surface area contributed by atoms with Gasteiger partial charge in [0.05, 0.1) is 12.1 Å². The monoisotopic (exact) mass is 254 g/mol. The summed E-state index contributed by atoms with van der Waals surface area (Å²) in [4.78, 5) is 12.1. The number of amides is 1. The molecular weight excluding hydrogens is 228 g/mol. The molecule has 0 aromatic carbocycles. The van der Waals surface area contributed by atoms with Gasteiger partial charge in [0, 0.05) is 19.1 Å². The van der Waals surface area contributed by atoms with Crippen molar-refractivity contribution < 1.29 is 9.53 Å². The van der Waals surface area contributed by atoms with E-state index in [1.54, 1.807) is 7.11 Å². The van der Waals surface area contributed by atoms with Crippen LogP contribution in [0, 0.1) is 0 Å². The summed E-state index contributed by atoms with van der Waals surface area (Å²) in [6, 6.07) is 0.190. The minimum Gasteiger partial charge on any atom is -0.379 e. The van der Waals surface area contributed by atoms with Crippen LogP contribution in [0.2, 0.25) is 0 Å². The molecule has 2 atom stereocenters. The van der Waals surface area contributed by atoms with Crippen molar-refractivity contribution in [3.8, 4) is 0 Å². The third-order valence-electron chi connectivity index (χ3n) is 4.46. The van der Waals surface area contributed by atoms with E-state index in [1.807, 2.05) is 0 Å². The zero-order valence-corrected chi connectivity index (χ0v) is 11.4. The van der Waals surface area contributed by atoms with Gasteiger partial charge in [-0.05, 0) is 32.1 Å². The van der Waals surface area contributed by atoms with E-state index in [9.17, 15) is 4.79 Å². The lowest BCUT2D eigenvalue weighted by Gasteiger charge is -2.33. The molecule has 2 aliphatic carbocycles. The van der Waals surface area contributed by atoms with Gasteiger partial charge in [0.15, 0.2) is 0 Å². The number of carbonyl (C=O) groups excluding carboxylic acids is 1. The quantitative estimate of drug-likeness (QED) is 0.803. The van der Waals surface area contributed by atoms with Crippen molar-refractivity contribution in [2.45, 2.75) is 75.5 Å². The van der Waals surface area contributed by atoms with Crippen LogP contribution < -0.4 is 11.1 Å². The highest BCUT2D eigenvalue weighted by Gasteiger charge is 2.33. The molecular formula is C14H26N2O2. The summed E-state index contributed by atoms with van der Waals surface area (Å²) >= 11 is 0. The molecule has 0 bridgehead atoms. The molecule has 2 fully saturated rings. The van der Waals surface area contributed by atoms with E-state index < -0.39 is 0 Å². The zero-order chi connectivity index (χ0) is 13.0. The number of carbonyl (C=O) groups is 1. The second-order valence-electron chi connectivity index (χ2n) is 5.98. The molecule has 104 valence electrons. The maximum absolute atomic E-state index is 12.1. The topological polar surface area (TPSA) is 64.3 Å². The summed E-state index contributed by atoms with van der Waals surface area (Å²) < 4.78 is 5.39. The number of hydrogen-bond acceptors (Lipinski definition) is 3. The van der Waals surface area contributed by atoms with Gasteiger partial charge in [-0.1, -0.05) is 19.3 Å². The lowest BCUT2D eigenvalue weighted by Crippen LogP contribution is -2.49. The summed E-state index contributed by atoms with van der Waals surface area (Å²) in [6.45, 7) is 0. The smallest absolute Gasteiger partial charge is 0.222 e. The van der Waals surface area contributed by atoms with Gasteiger partial charge >= 0.3 is 0 Å². The number of methoxy groups -OCH3 is 1. The third-order valence-corrected chi connectivity index (χ3v) is 4.46. The average Bonchev–Trinajstić information content (AvgIpc) is 2.76. The summed E-state index contributed by atoms with van der Waals surface area (Å²) in [6.07, 6.45) is 9.43. The predicted octanol–water partition coefficient (Wildman–Crippen LogP) is 1.72. The van der Waals surface area contributed by atoms with E-state index in [4.69, 9.17) is 10.5 Å². The molecule has 0 aromatic heterocycles. The maximum atomic E-state index is 12.1. The molecule has 0 spiro atoms. The van der Waals surface area contributed by atoms with E-state index in [1.165, 1.54) is 6.42 Å². The lowest BCUT2D eigenvalue weighted by atomic mass is 9.80. The van der Waals surface area contributed by atoms with Gasteiger partial charge in [-0.3, -0.25) is 4.79 Å². The number of rotatable bonds is 4. The Balaban J connectivity index is 1.80. The van der Waals surface area contributed by atoms with Gasteiger partial charge in [0.25, 0.3) is 0 Å². The van der Waals surface area contributed by atoms with Crippen molar-refractivity contribution in [3.63, 3.8) is 0 Å². The molecule has 0 saturated heterocycles. The van der Waals surface area contributed by atoms with Crippen molar-refractivity contribution in [2.24, 2.45) is 5.73 Å². The lowest BCUT2D eigenvalue weighted by molar-refractivity contribution is -0.124. The van der Waals surface area contributed by atoms with Crippen LogP contribution in [0.5, 0.6) is 0 Å². The molecule has 0 aromatic rings. The third kappa shape index (κ3) is 3.45. The second kappa shape index (κ2) is 6.02. The zero-order valence-electron chi connectivity index (χ0n) is 11.4. The fourth-order valence-corrected chi connectivity index (χ4v) is 3.38. The minimum absolute atomic E-state index is 0.105. The van der Waals surface area contributed by atoms with Crippen LogP contribution >= 0.6 is 0 Å². The molecule has 2 saturated carbocycles. The molecule has 3 N–H and O–H groups in total. The molecule has 2 rings (SSSR count). The highest BCUT2D eigenvalue weighted by molar-refractivity contribution is 5.77. The van der Waals surface area contributed by atoms with Crippen LogP contribution in [0.25, 0.3) is 0 Å². The SMILES string of the molecule is COC1CCCC1NC(=O)CC1(N)CCCCC1. The molecule has 4 heteroatoms. The van der Waals surface area contributed by atoms with Crippen LogP contribution in [0.4, 0.5) is 0 Å². The van der Waals surface area contributed by atoms with Crippen molar-refractivity contribution in [1.82, 2.24) is 5.32 Å². The van der Waals surface area contributed by atoms with E-state index in [-0.39, 0.29) is 23.6 Å². The van der Waals surface area contributed by atoms with Gasteiger partial charge in [-0.25, -0.2) is 0 Å². The first-order valence-corrected chi connectivity index (χ1v) is 7.24. The van der Waals surface area contributed by atoms with Crippen molar-refractivity contribution in [1.29, 1.82) is 0 Å². The van der Waals surface area contributed by atoms with Crippen LogP contribution in [-0.2, 0) is 9.53 Å². The second-order valence-corrected chi connectivity index (χ2v) is 5.98. The Labute approximate surface area is 110 Å². The van der Waals surface area contributed by atoms with E-state index in [0.717, 1.165) is 44.9 Å². The normalized spacial score (nSPS) is 31.2. The summed E-state index contributed by atoms with van der Waals surface area (Å²) in [5, 5.41) is 3.11. The Kier molecular flexibility index (Phi) is 4.62. The fourth-order valence-electron chi connectivity index (χ4n) is 3.38. The Morgan fingerprint density at radius 2 is 2.00 bits per heavy atom.